The van der Waals surface area contributed by atoms with E-state index in [0.717, 1.165) is 17.2 Å². The summed E-state index contributed by atoms with van der Waals surface area (Å²) in [5.41, 5.74) is 1.40. The zero-order chi connectivity index (χ0) is 19.8. The normalized spacial score (nSPS) is 10.1. The molecule has 0 fully saturated rings. The number of ether oxygens (including phenoxy) is 3. The van der Waals surface area contributed by atoms with Gasteiger partial charge in [0.25, 0.3) is 0 Å². The Morgan fingerprint density at radius 1 is 0.821 bits per heavy atom. The van der Waals surface area contributed by atoms with Crippen LogP contribution in [0.1, 0.15) is 0 Å². The van der Waals surface area contributed by atoms with Crippen LogP contribution in [0.2, 0.25) is 0 Å². The first kappa shape index (κ1) is 19.1. The van der Waals surface area contributed by atoms with E-state index in [0.29, 0.717) is 17.2 Å². The lowest BCUT2D eigenvalue weighted by Crippen LogP contribution is -2.22. The summed E-state index contributed by atoms with van der Waals surface area (Å²) >= 11 is 0. The van der Waals surface area contributed by atoms with Crippen molar-refractivity contribution in [2.24, 2.45) is 0 Å². The lowest BCUT2D eigenvalue weighted by molar-refractivity contribution is -0.114. The van der Waals surface area contributed by atoms with Crippen molar-refractivity contribution in [3.05, 3.63) is 72.8 Å². The monoisotopic (exact) mass is 378 g/mol. The highest BCUT2D eigenvalue weighted by atomic mass is 16.5. The lowest BCUT2D eigenvalue weighted by atomic mass is 10.2. The topological polar surface area (TPSA) is 68.8 Å². The number of rotatable bonds is 8. The van der Waals surface area contributed by atoms with E-state index in [1.807, 2.05) is 54.6 Å². The molecule has 0 aliphatic heterocycles. The fourth-order valence-electron chi connectivity index (χ4n) is 2.54. The molecule has 144 valence electrons. The summed E-state index contributed by atoms with van der Waals surface area (Å²) in [5, 5.41) is 5.90. The molecule has 0 spiro atoms. The van der Waals surface area contributed by atoms with Crippen LogP contribution >= 0.6 is 0 Å². The third-order valence-corrected chi connectivity index (χ3v) is 3.97. The largest absolute Gasteiger partial charge is 0.497 e. The molecule has 1 amide bonds. The summed E-state index contributed by atoms with van der Waals surface area (Å²) in [6.07, 6.45) is 0. The van der Waals surface area contributed by atoms with Crippen LogP contribution in [0.4, 0.5) is 11.4 Å². The van der Waals surface area contributed by atoms with Gasteiger partial charge in [-0.25, -0.2) is 0 Å². The van der Waals surface area contributed by atoms with Crippen molar-refractivity contribution in [3.8, 4) is 23.0 Å². The molecule has 3 aromatic carbocycles. The Hall–Kier alpha value is -3.67. The van der Waals surface area contributed by atoms with Gasteiger partial charge in [-0.05, 0) is 48.5 Å². The fraction of sp³-hybridized carbons (Fsp3) is 0.136. The van der Waals surface area contributed by atoms with Crippen LogP contribution in [0.5, 0.6) is 23.0 Å². The van der Waals surface area contributed by atoms with E-state index >= 15 is 0 Å². The van der Waals surface area contributed by atoms with Gasteiger partial charge in [-0.3, -0.25) is 4.79 Å². The zero-order valence-electron chi connectivity index (χ0n) is 15.8. The summed E-state index contributed by atoms with van der Waals surface area (Å²) in [5.74, 6) is 2.51. The maximum Gasteiger partial charge on any atom is 0.243 e. The minimum Gasteiger partial charge on any atom is -0.497 e. The van der Waals surface area contributed by atoms with Gasteiger partial charge in [-0.1, -0.05) is 18.2 Å². The number of carbonyl (C=O) groups excluding carboxylic acids is 1. The Kier molecular flexibility index (Phi) is 6.36. The number of methoxy groups -OCH3 is 2. The number of nitrogens with one attached hydrogen (secondary N) is 2. The molecule has 0 heterocycles. The van der Waals surface area contributed by atoms with Crippen LogP contribution in [0.3, 0.4) is 0 Å². The van der Waals surface area contributed by atoms with Crippen molar-refractivity contribution in [2.75, 3.05) is 31.4 Å². The second kappa shape index (κ2) is 9.32. The van der Waals surface area contributed by atoms with Crippen LogP contribution < -0.4 is 24.8 Å². The molecule has 0 radical (unpaired) electrons. The number of anilines is 2. The predicted octanol–water partition coefficient (Wildman–Crippen LogP) is 4.55. The van der Waals surface area contributed by atoms with Crippen molar-refractivity contribution in [1.29, 1.82) is 0 Å². The van der Waals surface area contributed by atoms with Crippen molar-refractivity contribution in [2.45, 2.75) is 0 Å². The quantitative estimate of drug-likeness (QED) is 0.602. The molecular formula is C22H22N2O4. The molecule has 0 bridgehead atoms. The van der Waals surface area contributed by atoms with Crippen LogP contribution in [0, 0.1) is 0 Å². The van der Waals surface area contributed by atoms with Gasteiger partial charge in [-0.15, -0.1) is 0 Å². The zero-order valence-corrected chi connectivity index (χ0v) is 15.8. The molecule has 2 N–H and O–H groups in total. The second-order valence-electron chi connectivity index (χ2n) is 5.91. The van der Waals surface area contributed by atoms with E-state index in [1.54, 1.807) is 32.4 Å². The number of para-hydroxylation sites is 1. The van der Waals surface area contributed by atoms with Crippen LogP contribution in [0.25, 0.3) is 0 Å². The molecule has 0 aliphatic carbocycles. The number of hydrogen-bond donors (Lipinski definition) is 2. The molecule has 0 aliphatic rings. The van der Waals surface area contributed by atoms with Gasteiger partial charge in [0.15, 0.2) is 0 Å². The highest BCUT2D eigenvalue weighted by molar-refractivity contribution is 5.95. The molecule has 28 heavy (non-hydrogen) atoms. The lowest BCUT2D eigenvalue weighted by Gasteiger charge is -2.12. The van der Waals surface area contributed by atoms with E-state index in [9.17, 15) is 4.79 Å². The predicted molar refractivity (Wildman–Crippen MR) is 110 cm³/mol. The number of amides is 1. The Morgan fingerprint density at radius 3 is 2.18 bits per heavy atom. The standard InChI is InChI=1S/C22H22N2O4/c1-26-19-12-13-20(21(14-19)27-2)24-22(25)15-23-16-8-10-18(11-9-16)28-17-6-4-3-5-7-17/h3-14,23H,15H2,1-2H3,(H,24,25). The molecule has 0 saturated carbocycles. The maximum atomic E-state index is 12.2. The number of benzene rings is 3. The molecule has 6 heteroatoms. The first-order valence-electron chi connectivity index (χ1n) is 8.76. The SMILES string of the molecule is COc1ccc(NC(=O)CNc2ccc(Oc3ccccc3)cc2)c(OC)c1. The Labute approximate surface area is 164 Å². The van der Waals surface area contributed by atoms with Gasteiger partial charge in [-0.2, -0.15) is 0 Å². The summed E-state index contributed by atoms with van der Waals surface area (Å²) in [7, 11) is 3.12. The van der Waals surface area contributed by atoms with Crippen molar-refractivity contribution in [3.63, 3.8) is 0 Å². The average molecular weight is 378 g/mol. The van der Waals surface area contributed by atoms with Crippen molar-refractivity contribution in [1.82, 2.24) is 0 Å². The minimum absolute atomic E-state index is 0.119. The summed E-state index contributed by atoms with van der Waals surface area (Å²) < 4.78 is 16.2. The smallest absolute Gasteiger partial charge is 0.243 e. The van der Waals surface area contributed by atoms with Gasteiger partial charge >= 0.3 is 0 Å². The van der Waals surface area contributed by atoms with Crippen LogP contribution in [0.15, 0.2) is 72.8 Å². The second-order valence-corrected chi connectivity index (χ2v) is 5.91. The molecule has 3 rings (SSSR count). The average Bonchev–Trinajstić information content (AvgIpc) is 2.74. The fourth-order valence-corrected chi connectivity index (χ4v) is 2.54. The van der Waals surface area contributed by atoms with E-state index in [-0.39, 0.29) is 12.5 Å². The van der Waals surface area contributed by atoms with Gasteiger partial charge in [0.05, 0.1) is 26.5 Å². The maximum absolute atomic E-state index is 12.2. The molecule has 0 atom stereocenters. The van der Waals surface area contributed by atoms with E-state index in [2.05, 4.69) is 10.6 Å². The molecule has 6 nitrogen and oxygen atoms in total. The van der Waals surface area contributed by atoms with Gasteiger partial charge in [0, 0.05) is 11.8 Å². The molecule has 3 aromatic rings. The Bertz CT molecular complexity index is 912. The minimum atomic E-state index is -0.187. The van der Waals surface area contributed by atoms with Crippen LogP contribution in [-0.2, 0) is 4.79 Å². The van der Waals surface area contributed by atoms with Gasteiger partial charge in [0.2, 0.25) is 5.91 Å². The molecule has 0 aromatic heterocycles. The number of carbonyl (C=O) groups is 1. The van der Waals surface area contributed by atoms with Crippen molar-refractivity contribution >= 4 is 17.3 Å². The third kappa shape index (κ3) is 5.17. The first-order valence-corrected chi connectivity index (χ1v) is 8.76. The van der Waals surface area contributed by atoms with Crippen molar-refractivity contribution < 1.29 is 19.0 Å². The van der Waals surface area contributed by atoms with Gasteiger partial charge in [0.1, 0.15) is 23.0 Å². The third-order valence-electron chi connectivity index (χ3n) is 3.97. The van der Waals surface area contributed by atoms with E-state index < -0.39 is 0 Å². The summed E-state index contributed by atoms with van der Waals surface area (Å²) in [4.78, 5) is 12.2. The summed E-state index contributed by atoms with van der Waals surface area (Å²) in [6.45, 7) is 0.119. The highest BCUT2D eigenvalue weighted by Gasteiger charge is 2.09. The summed E-state index contributed by atoms with van der Waals surface area (Å²) in [6, 6.07) is 22.2. The van der Waals surface area contributed by atoms with Crippen LogP contribution in [-0.4, -0.2) is 26.7 Å². The first-order chi connectivity index (χ1) is 13.7. The highest BCUT2D eigenvalue weighted by Crippen LogP contribution is 2.29. The number of hydrogen-bond acceptors (Lipinski definition) is 5. The molecule has 0 saturated heterocycles. The van der Waals surface area contributed by atoms with E-state index in [1.165, 1.54) is 0 Å². The van der Waals surface area contributed by atoms with Gasteiger partial charge < -0.3 is 24.8 Å². The van der Waals surface area contributed by atoms with E-state index in [4.69, 9.17) is 14.2 Å². The Balaban J connectivity index is 1.53. The molecule has 0 unspecified atom stereocenters. The molecular weight excluding hydrogens is 356 g/mol. The Morgan fingerprint density at radius 2 is 1.50 bits per heavy atom.